The van der Waals surface area contributed by atoms with Crippen molar-refractivity contribution in [1.82, 2.24) is 0 Å². The molecule has 1 saturated heterocycles. The van der Waals surface area contributed by atoms with E-state index in [9.17, 15) is 9.59 Å². The fraction of sp³-hybridized carbons (Fsp3) is 0.400. The molecule has 0 aromatic heterocycles. The van der Waals surface area contributed by atoms with Gasteiger partial charge in [-0.15, -0.1) is 0 Å². The Balaban J connectivity index is 0.000000218. The summed E-state index contributed by atoms with van der Waals surface area (Å²) in [6, 6.07) is 0. The Kier molecular flexibility index (Phi) is 3.65. The lowest BCUT2D eigenvalue weighted by molar-refractivity contribution is -0.151. The van der Waals surface area contributed by atoms with E-state index in [1.54, 1.807) is 0 Å². The second kappa shape index (κ2) is 4.26. The van der Waals surface area contributed by atoms with Gasteiger partial charge in [-0.1, -0.05) is 0 Å². The predicted molar refractivity (Wildman–Crippen MR) is 32.5 cm³/mol. The van der Waals surface area contributed by atoms with Crippen molar-refractivity contribution < 1.29 is 24.2 Å². The second-order valence-corrected chi connectivity index (χ2v) is 1.68. The van der Waals surface area contributed by atoms with Crippen LogP contribution in [0.2, 0.25) is 0 Å². The van der Waals surface area contributed by atoms with Gasteiger partial charge in [-0.3, -0.25) is 9.59 Å². The minimum absolute atomic E-state index is 0.263. The van der Waals surface area contributed by atoms with Gasteiger partial charge < -0.3 is 15.6 Å². The first-order chi connectivity index (χ1) is 5.02. The SMILES string of the molecule is NC(=O)O.O=C1CCC(=O)O1. The van der Waals surface area contributed by atoms with Gasteiger partial charge in [0.1, 0.15) is 0 Å². The van der Waals surface area contributed by atoms with Crippen molar-refractivity contribution in [3.63, 3.8) is 0 Å². The molecule has 0 radical (unpaired) electrons. The number of carbonyl (C=O) groups excluding carboxylic acids is 2. The van der Waals surface area contributed by atoms with Gasteiger partial charge in [-0.2, -0.15) is 0 Å². The predicted octanol–water partition coefficient (Wildman–Crippen LogP) is -0.527. The number of carboxylic acid groups (broad SMARTS) is 1. The lowest BCUT2D eigenvalue weighted by Crippen LogP contribution is -2.03. The van der Waals surface area contributed by atoms with Gasteiger partial charge >= 0.3 is 18.0 Å². The third-order valence-electron chi connectivity index (χ3n) is 0.761. The maximum atomic E-state index is 10.0. The zero-order valence-corrected chi connectivity index (χ0v) is 5.57. The van der Waals surface area contributed by atoms with E-state index in [4.69, 9.17) is 9.90 Å². The molecule has 1 aliphatic rings. The summed E-state index contributed by atoms with van der Waals surface area (Å²) in [6.07, 6.45) is -0.808. The van der Waals surface area contributed by atoms with Gasteiger partial charge in [-0.25, -0.2) is 4.79 Å². The normalized spacial score (nSPS) is 14.9. The van der Waals surface area contributed by atoms with Crippen LogP contribution in [0, 0.1) is 0 Å². The molecule has 3 N–H and O–H groups in total. The van der Waals surface area contributed by atoms with Crippen LogP contribution < -0.4 is 5.73 Å². The van der Waals surface area contributed by atoms with Gasteiger partial charge in [0.2, 0.25) is 0 Å². The average Bonchev–Trinajstić information content (AvgIpc) is 2.13. The van der Waals surface area contributed by atoms with Crippen LogP contribution >= 0.6 is 0 Å². The van der Waals surface area contributed by atoms with Gasteiger partial charge in [0.15, 0.2) is 0 Å². The van der Waals surface area contributed by atoms with Crippen LogP contribution in [0.1, 0.15) is 12.8 Å². The van der Waals surface area contributed by atoms with Crippen LogP contribution in [-0.4, -0.2) is 23.1 Å². The minimum Gasteiger partial charge on any atom is -0.465 e. The van der Waals surface area contributed by atoms with E-state index in [-0.39, 0.29) is 12.8 Å². The lowest BCUT2D eigenvalue weighted by atomic mass is 10.4. The molecule has 0 aromatic rings. The Morgan fingerprint density at radius 1 is 1.36 bits per heavy atom. The highest BCUT2D eigenvalue weighted by atomic mass is 16.6. The Bertz CT molecular complexity index is 169. The molecule has 1 aliphatic heterocycles. The van der Waals surface area contributed by atoms with E-state index in [0.29, 0.717) is 0 Å². The van der Waals surface area contributed by atoms with Crippen molar-refractivity contribution in [2.75, 3.05) is 0 Å². The molecule has 0 spiro atoms. The van der Waals surface area contributed by atoms with E-state index < -0.39 is 18.0 Å². The summed E-state index contributed by atoms with van der Waals surface area (Å²) in [7, 11) is 0. The molecule has 0 aliphatic carbocycles. The molecule has 0 unspecified atom stereocenters. The van der Waals surface area contributed by atoms with Crippen molar-refractivity contribution in [2.24, 2.45) is 5.73 Å². The van der Waals surface area contributed by atoms with E-state index in [1.807, 2.05) is 0 Å². The molecule has 1 heterocycles. The number of hydrogen-bond acceptors (Lipinski definition) is 4. The minimum atomic E-state index is -1.33. The zero-order valence-electron chi connectivity index (χ0n) is 5.57. The highest BCUT2D eigenvalue weighted by molar-refractivity contribution is 5.92. The molecule has 0 aromatic carbocycles. The quantitative estimate of drug-likeness (QED) is 0.367. The van der Waals surface area contributed by atoms with Crippen LogP contribution in [0.15, 0.2) is 0 Å². The molecule has 6 heteroatoms. The number of carbonyl (C=O) groups is 3. The first kappa shape index (κ1) is 9.41. The third kappa shape index (κ3) is 6.29. The molecule has 11 heavy (non-hydrogen) atoms. The van der Waals surface area contributed by atoms with E-state index in [1.165, 1.54) is 0 Å². The number of esters is 2. The van der Waals surface area contributed by atoms with Crippen molar-refractivity contribution in [1.29, 1.82) is 0 Å². The average molecular weight is 161 g/mol. The maximum Gasteiger partial charge on any atom is 0.402 e. The summed E-state index contributed by atoms with van der Waals surface area (Å²) in [6.45, 7) is 0. The van der Waals surface area contributed by atoms with Gasteiger partial charge in [0.25, 0.3) is 0 Å². The molecule has 0 atom stereocenters. The summed E-state index contributed by atoms with van der Waals surface area (Å²) < 4.78 is 4.08. The van der Waals surface area contributed by atoms with Gasteiger partial charge in [0, 0.05) is 0 Å². The fourth-order valence-corrected chi connectivity index (χ4v) is 0.433. The Morgan fingerprint density at radius 2 is 1.64 bits per heavy atom. The molecule has 62 valence electrons. The van der Waals surface area contributed by atoms with Crippen LogP contribution in [0.4, 0.5) is 4.79 Å². The number of amides is 1. The Morgan fingerprint density at radius 3 is 1.73 bits per heavy atom. The van der Waals surface area contributed by atoms with Crippen molar-refractivity contribution >= 4 is 18.0 Å². The van der Waals surface area contributed by atoms with E-state index >= 15 is 0 Å². The Hall–Kier alpha value is -1.59. The van der Waals surface area contributed by atoms with E-state index in [0.717, 1.165) is 0 Å². The Labute approximate surface area is 61.9 Å². The standard InChI is InChI=1S/C4H4O3.CH3NO2/c5-3-1-2-4(6)7-3;2-1(3)4/h1-2H2;2H2,(H,3,4). The number of nitrogens with two attached hydrogens (primary N) is 1. The van der Waals surface area contributed by atoms with Crippen molar-refractivity contribution in [3.8, 4) is 0 Å². The largest absolute Gasteiger partial charge is 0.465 e. The first-order valence-corrected chi connectivity index (χ1v) is 2.74. The van der Waals surface area contributed by atoms with Crippen molar-refractivity contribution in [3.05, 3.63) is 0 Å². The number of primary amides is 1. The molecule has 1 rings (SSSR count). The van der Waals surface area contributed by atoms with E-state index in [2.05, 4.69) is 10.5 Å². The van der Waals surface area contributed by atoms with Crippen LogP contribution in [0.25, 0.3) is 0 Å². The first-order valence-electron chi connectivity index (χ1n) is 2.74. The highest BCUT2D eigenvalue weighted by Crippen LogP contribution is 2.03. The monoisotopic (exact) mass is 161 g/mol. The van der Waals surface area contributed by atoms with Crippen LogP contribution in [0.5, 0.6) is 0 Å². The number of cyclic esters (lactones) is 2. The molecule has 1 fully saturated rings. The molecule has 0 saturated carbocycles. The number of hydrogen-bond donors (Lipinski definition) is 2. The molecular weight excluding hydrogens is 154 g/mol. The maximum absolute atomic E-state index is 10.0. The topological polar surface area (TPSA) is 107 Å². The summed E-state index contributed by atoms with van der Waals surface area (Å²) >= 11 is 0. The second-order valence-electron chi connectivity index (χ2n) is 1.68. The summed E-state index contributed by atoms with van der Waals surface area (Å²) in [5, 5.41) is 7.19. The lowest BCUT2D eigenvalue weighted by Gasteiger charge is -1.79. The summed E-state index contributed by atoms with van der Waals surface area (Å²) in [5.41, 5.74) is 4.03. The number of rotatable bonds is 0. The van der Waals surface area contributed by atoms with Crippen LogP contribution in [0.3, 0.4) is 0 Å². The number of ether oxygens (including phenoxy) is 1. The third-order valence-corrected chi connectivity index (χ3v) is 0.761. The fourth-order valence-electron chi connectivity index (χ4n) is 0.433. The van der Waals surface area contributed by atoms with Crippen molar-refractivity contribution in [2.45, 2.75) is 12.8 Å². The molecule has 1 amide bonds. The molecule has 6 nitrogen and oxygen atoms in total. The van der Waals surface area contributed by atoms with Gasteiger partial charge in [0.05, 0.1) is 12.8 Å². The van der Waals surface area contributed by atoms with Crippen LogP contribution in [-0.2, 0) is 14.3 Å². The van der Waals surface area contributed by atoms with Gasteiger partial charge in [-0.05, 0) is 0 Å². The highest BCUT2D eigenvalue weighted by Gasteiger charge is 2.19. The zero-order chi connectivity index (χ0) is 8.85. The smallest absolute Gasteiger partial charge is 0.402 e. The summed E-state index contributed by atoms with van der Waals surface area (Å²) in [5.74, 6) is -0.796. The molecule has 0 bridgehead atoms. The summed E-state index contributed by atoms with van der Waals surface area (Å²) in [4.78, 5) is 28.8. The molecular formula is C5H7NO5.